The van der Waals surface area contributed by atoms with Crippen LogP contribution in [-0.2, 0) is 0 Å². The summed E-state index contributed by atoms with van der Waals surface area (Å²) in [5, 5.41) is 5.55. The standard InChI is InChI=1S/C20H17N3O2S/c1-13-2-4-14(5-3-13)18-19(23-8-11-26-20(23)22-18)21-15-6-7-16-17(12-15)25-10-9-24-16/h2-8,11-12,21H,9-10H2,1H3. The predicted octanol–water partition coefficient (Wildman–Crippen LogP) is 4.89. The second-order valence-electron chi connectivity index (χ2n) is 6.21. The maximum Gasteiger partial charge on any atom is 0.195 e. The summed E-state index contributed by atoms with van der Waals surface area (Å²) < 4.78 is 13.4. The fourth-order valence-corrected chi connectivity index (χ4v) is 3.79. The lowest BCUT2D eigenvalue weighted by Gasteiger charge is -2.19. The molecule has 0 unspecified atom stereocenters. The molecule has 0 saturated heterocycles. The van der Waals surface area contributed by atoms with Crippen LogP contribution in [0, 0.1) is 6.92 Å². The van der Waals surface area contributed by atoms with Crippen molar-refractivity contribution in [2.75, 3.05) is 18.5 Å². The van der Waals surface area contributed by atoms with Gasteiger partial charge in [0, 0.05) is 28.9 Å². The van der Waals surface area contributed by atoms with Crippen molar-refractivity contribution in [2.24, 2.45) is 0 Å². The molecule has 1 aliphatic rings. The average molecular weight is 363 g/mol. The molecule has 4 aromatic rings. The Kier molecular flexibility index (Phi) is 3.57. The number of anilines is 2. The van der Waals surface area contributed by atoms with Crippen LogP contribution < -0.4 is 14.8 Å². The molecule has 0 saturated carbocycles. The minimum atomic E-state index is 0.576. The van der Waals surface area contributed by atoms with E-state index in [9.17, 15) is 0 Å². The highest BCUT2D eigenvalue weighted by Gasteiger charge is 2.17. The SMILES string of the molecule is Cc1ccc(-c2nc3sccn3c2Nc2ccc3c(c2)OCCO3)cc1. The van der Waals surface area contributed by atoms with Gasteiger partial charge in [0.15, 0.2) is 16.5 Å². The zero-order valence-electron chi connectivity index (χ0n) is 14.2. The number of aryl methyl sites for hydroxylation is 1. The van der Waals surface area contributed by atoms with Crippen LogP contribution in [0.5, 0.6) is 11.5 Å². The lowest BCUT2D eigenvalue weighted by Crippen LogP contribution is -2.15. The van der Waals surface area contributed by atoms with E-state index < -0.39 is 0 Å². The molecule has 1 aliphatic heterocycles. The van der Waals surface area contributed by atoms with Gasteiger partial charge < -0.3 is 14.8 Å². The Labute approximate surface area is 154 Å². The number of imidazole rings is 1. The Morgan fingerprint density at radius 3 is 2.69 bits per heavy atom. The van der Waals surface area contributed by atoms with Crippen LogP contribution >= 0.6 is 11.3 Å². The van der Waals surface area contributed by atoms with Gasteiger partial charge in [0.2, 0.25) is 0 Å². The fourth-order valence-electron chi connectivity index (χ4n) is 3.08. The summed E-state index contributed by atoms with van der Waals surface area (Å²) in [4.78, 5) is 5.78. The molecule has 5 nitrogen and oxygen atoms in total. The van der Waals surface area contributed by atoms with Gasteiger partial charge in [-0.25, -0.2) is 4.98 Å². The van der Waals surface area contributed by atoms with Crippen molar-refractivity contribution in [3.8, 4) is 22.8 Å². The summed E-state index contributed by atoms with van der Waals surface area (Å²) in [6, 6.07) is 14.3. The predicted molar refractivity (Wildman–Crippen MR) is 104 cm³/mol. The molecule has 0 aliphatic carbocycles. The van der Waals surface area contributed by atoms with E-state index in [4.69, 9.17) is 14.5 Å². The Morgan fingerprint density at radius 1 is 1.04 bits per heavy atom. The van der Waals surface area contributed by atoms with Crippen LogP contribution in [-0.4, -0.2) is 22.6 Å². The van der Waals surface area contributed by atoms with Gasteiger partial charge in [-0.2, -0.15) is 0 Å². The number of aromatic nitrogens is 2. The first-order chi connectivity index (χ1) is 12.8. The topological polar surface area (TPSA) is 47.8 Å². The molecule has 26 heavy (non-hydrogen) atoms. The maximum absolute atomic E-state index is 5.70. The fraction of sp³-hybridized carbons (Fsp3) is 0.150. The van der Waals surface area contributed by atoms with E-state index in [0.717, 1.165) is 39.2 Å². The molecular weight excluding hydrogens is 346 g/mol. The highest BCUT2D eigenvalue weighted by Crippen LogP contribution is 2.36. The Balaban J connectivity index is 1.58. The molecule has 0 radical (unpaired) electrons. The van der Waals surface area contributed by atoms with E-state index in [1.165, 1.54) is 5.56 Å². The van der Waals surface area contributed by atoms with Crippen LogP contribution in [0.1, 0.15) is 5.56 Å². The molecule has 0 bridgehead atoms. The number of rotatable bonds is 3. The Hall–Kier alpha value is -2.99. The number of hydrogen-bond donors (Lipinski definition) is 1. The van der Waals surface area contributed by atoms with E-state index in [1.54, 1.807) is 11.3 Å². The number of hydrogen-bond acceptors (Lipinski definition) is 5. The van der Waals surface area contributed by atoms with Crippen molar-refractivity contribution in [1.82, 2.24) is 9.38 Å². The van der Waals surface area contributed by atoms with E-state index in [0.29, 0.717) is 13.2 Å². The summed E-state index contributed by atoms with van der Waals surface area (Å²) in [5.41, 5.74) is 4.20. The molecule has 5 rings (SSSR count). The number of ether oxygens (including phenoxy) is 2. The number of thiazole rings is 1. The maximum atomic E-state index is 5.70. The van der Waals surface area contributed by atoms with E-state index in [2.05, 4.69) is 40.9 Å². The first-order valence-electron chi connectivity index (χ1n) is 8.47. The number of fused-ring (bicyclic) bond motifs is 2. The largest absolute Gasteiger partial charge is 0.486 e. The van der Waals surface area contributed by atoms with Gasteiger partial charge in [0.25, 0.3) is 0 Å². The first kappa shape index (κ1) is 15.3. The molecule has 6 heteroatoms. The highest BCUT2D eigenvalue weighted by atomic mass is 32.1. The quantitative estimate of drug-likeness (QED) is 0.563. The molecule has 1 N–H and O–H groups in total. The highest BCUT2D eigenvalue weighted by molar-refractivity contribution is 7.15. The summed E-state index contributed by atoms with van der Waals surface area (Å²) in [5.74, 6) is 2.50. The second-order valence-corrected chi connectivity index (χ2v) is 7.09. The molecular formula is C20H17N3O2S. The molecule has 3 heterocycles. The molecule has 2 aromatic heterocycles. The van der Waals surface area contributed by atoms with Crippen LogP contribution in [0.3, 0.4) is 0 Å². The summed E-state index contributed by atoms with van der Waals surface area (Å²) in [6.45, 7) is 3.26. The van der Waals surface area contributed by atoms with Crippen LogP contribution in [0.25, 0.3) is 16.2 Å². The molecule has 130 valence electrons. The monoisotopic (exact) mass is 363 g/mol. The van der Waals surface area contributed by atoms with Crippen molar-refractivity contribution in [1.29, 1.82) is 0 Å². The average Bonchev–Trinajstić information content (AvgIpc) is 3.25. The van der Waals surface area contributed by atoms with Crippen molar-refractivity contribution < 1.29 is 9.47 Å². The van der Waals surface area contributed by atoms with Gasteiger partial charge in [-0.3, -0.25) is 4.40 Å². The van der Waals surface area contributed by atoms with Gasteiger partial charge in [-0.1, -0.05) is 29.8 Å². The second kappa shape index (κ2) is 6.07. The lowest BCUT2D eigenvalue weighted by molar-refractivity contribution is 0.171. The summed E-state index contributed by atoms with van der Waals surface area (Å²) >= 11 is 1.62. The Bertz CT molecular complexity index is 1080. The molecule has 0 fully saturated rings. The zero-order valence-corrected chi connectivity index (χ0v) is 15.0. The molecule has 0 spiro atoms. The molecule has 0 amide bonds. The summed E-state index contributed by atoms with van der Waals surface area (Å²) in [7, 11) is 0. The Morgan fingerprint density at radius 2 is 1.85 bits per heavy atom. The van der Waals surface area contributed by atoms with Crippen LogP contribution in [0.2, 0.25) is 0 Å². The van der Waals surface area contributed by atoms with Crippen molar-refractivity contribution in [3.05, 3.63) is 59.6 Å². The first-order valence-corrected chi connectivity index (χ1v) is 9.35. The molecule has 2 aromatic carbocycles. The minimum absolute atomic E-state index is 0.576. The van der Waals surface area contributed by atoms with Gasteiger partial charge in [0.1, 0.15) is 24.7 Å². The molecule has 0 atom stereocenters. The summed E-state index contributed by atoms with van der Waals surface area (Å²) in [6.07, 6.45) is 2.03. The van der Waals surface area contributed by atoms with E-state index in [-0.39, 0.29) is 0 Å². The minimum Gasteiger partial charge on any atom is -0.486 e. The van der Waals surface area contributed by atoms with Gasteiger partial charge in [0.05, 0.1) is 0 Å². The smallest absolute Gasteiger partial charge is 0.195 e. The van der Waals surface area contributed by atoms with Crippen LogP contribution in [0.4, 0.5) is 11.5 Å². The van der Waals surface area contributed by atoms with Crippen LogP contribution in [0.15, 0.2) is 54.0 Å². The number of nitrogens with zero attached hydrogens (tertiary/aromatic N) is 2. The van der Waals surface area contributed by atoms with Crippen molar-refractivity contribution in [3.63, 3.8) is 0 Å². The van der Waals surface area contributed by atoms with E-state index >= 15 is 0 Å². The third-order valence-corrected chi connectivity index (χ3v) is 5.15. The van der Waals surface area contributed by atoms with Crippen molar-refractivity contribution >= 4 is 27.8 Å². The lowest BCUT2D eigenvalue weighted by atomic mass is 10.1. The van der Waals surface area contributed by atoms with Gasteiger partial charge >= 0.3 is 0 Å². The third-order valence-electron chi connectivity index (χ3n) is 4.39. The van der Waals surface area contributed by atoms with Gasteiger partial charge in [-0.05, 0) is 19.1 Å². The zero-order chi connectivity index (χ0) is 17.5. The van der Waals surface area contributed by atoms with Gasteiger partial charge in [-0.15, -0.1) is 11.3 Å². The third kappa shape index (κ3) is 2.59. The van der Waals surface area contributed by atoms with E-state index in [1.807, 2.05) is 29.8 Å². The number of benzene rings is 2. The number of nitrogens with one attached hydrogen (secondary N) is 1. The van der Waals surface area contributed by atoms with Crippen molar-refractivity contribution in [2.45, 2.75) is 6.92 Å². The normalized spacial score (nSPS) is 13.1.